The molecule has 2 amide bonds. The number of hydrogen-bond acceptors (Lipinski definition) is 3. The smallest absolute Gasteiger partial charge is 0.241 e. The van der Waals surface area contributed by atoms with Gasteiger partial charge in [0.2, 0.25) is 11.8 Å². The molecule has 0 bridgehead atoms. The summed E-state index contributed by atoms with van der Waals surface area (Å²) >= 11 is 0. The lowest BCUT2D eigenvalue weighted by atomic mass is 10.2. The number of hydrogen-bond donors (Lipinski definition) is 3. The Labute approximate surface area is 113 Å². The van der Waals surface area contributed by atoms with Crippen LogP contribution in [0.25, 0.3) is 0 Å². The van der Waals surface area contributed by atoms with E-state index in [1.807, 2.05) is 20.8 Å². The van der Waals surface area contributed by atoms with E-state index in [1.165, 1.54) is 0 Å². The molecule has 0 radical (unpaired) electrons. The Balaban J connectivity index is 2.72. The summed E-state index contributed by atoms with van der Waals surface area (Å²) < 4.78 is 0. The topological polar surface area (TPSA) is 84.2 Å². The maximum absolute atomic E-state index is 11.7. The van der Waals surface area contributed by atoms with Crippen molar-refractivity contribution in [1.29, 1.82) is 0 Å². The van der Waals surface area contributed by atoms with Crippen LogP contribution in [0.5, 0.6) is 0 Å². The van der Waals surface area contributed by atoms with Crippen LogP contribution in [-0.2, 0) is 9.59 Å². The molecule has 5 nitrogen and oxygen atoms in total. The molecular formula is C14H21N3O2. The Hall–Kier alpha value is -1.88. The van der Waals surface area contributed by atoms with Gasteiger partial charge >= 0.3 is 0 Å². The minimum Gasteiger partial charge on any atom is -0.326 e. The Kier molecular flexibility index (Phi) is 5.51. The van der Waals surface area contributed by atoms with Gasteiger partial charge < -0.3 is 16.4 Å². The molecule has 0 heterocycles. The summed E-state index contributed by atoms with van der Waals surface area (Å²) in [7, 11) is 0. The van der Waals surface area contributed by atoms with Crippen LogP contribution in [0.2, 0.25) is 0 Å². The highest BCUT2D eigenvalue weighted by molar-refractivity contribution is 5.96. The molecule has 0 aromatic heterocycles. The van der Waals surface area contributed by atoms with E-state index in [0.29, 0.717) is 17.8 Å². The highest BCUT2D eigenvalue weighted by Gasteiger charge is 2.11. The second-order valence-corrected chi connectivity index (χ2v) is 4.73. The normalized spacial score (nSPS) is 12.1. The SMILES string of the molecule is CCC(N)C(=O)Nc1cccc(NC(=O)C(C)C)c1. The lowest BCUT2D eigenvalue weighted by Gasteiger charge is -2.12. The summed E-state index contributed by atoms with van der Waals surface area (Å²) in [6.45, 7) is 5.49. The monoisotopic (exact) mass is 263 g/mol. The zero-order chi connectivity index (χ0) is 14.4. The summed E-state index contributed by atoms with van der Waals surface area (Å²) in [5.74, 6) is -0.379. The second kappa shape index (κ2) is 6.89. The highest BCUT2D eigenvalue weighted by Crippen LogP contribution is 2.16. The zero-order valence-corrected chi connectivity index (χ0v) is 11.6. The van der Waals surface area contributed by atoms with Gasteiger partial charge in [0.1, 0.15) is 0 Å². The van der Waals surface area contributed by atoms with E-state index >= 15 is 0 Å². The fourth-order valence-electron chi connectivity index (χ4n) is 1.38. The number of nitrogens with two attached hydrogens (primary N) is 1. The van der Waals surface area contributed by atoms with Crippen LogP contribution in [-0.4, -0.2) is 17.9 Å². The zero-order valence-electron chi connectivity index (χ0n) is 11.6. The molecular weight excluding hydrogens is 242 g/mol. The summed E-state index contributed by atoms with van der Waals surface area (Å²) in [4.78, 5) is 23.2. The Morgan fingerprint density at radius 3 is 2.16 bits per heavy atom. The Bertz CT molecular complexity index is 458. The van der Waals surface area contributed by atoms with Crippen molar-refractivity contribution < 1.29 is 9.59 Å². The van der Waals surface area contributed by atoms with Gasteiger partial charge in [0, 0.05) is 17.3 Å². The second-order valence-electron chi connectivity index (χ2n) is 4.73. The molecule has 104 valence electrons. The third-order valence-electron chi connectivity index (χ3n) is 2.70. The molecule has 1 atom stereocenters. The number of rotatable bonds is 5. The molecule has 1 unspecified atom stereocenters. The maximum atomic E-state index is 11.7. The van der Waals surface area contributed by atoms with E-state index in [1.54, 1.807) is 24.3 Å². The molecule has 1 aromatic rings. The van der Waals surface area contributed by atoms with Gasteiger partial charge in [-0.05, 0) is 24.6 Å². The molecule has 5 heteroatoms. The van der Waals surface area contributed by atoms with Gasteiger partial charge in [0.25, 0.3) is 0 Å². The summed E-state index contributed by atoms with van der Waals surface area (Å²) in [5.41, 5.74) is 6.92. The van der Waals surface area contributed by atoms with E-state index in [4.69, 9.17) is 5.73 Å². The van der Waals surface area contributed by atoms with Gasteiger partial charge in [0.05, 0.1) is 6.04 Å². The first-order valence-corrected chi connectivity index (χ1v) is 6.41. The van der Waals surface area contributed by atoms with E-state index in [9.17, 15) is 9.59 Å². The summed E-state index contributed by atoms with van der Waals surface area (Å²) in [6.07, 6.45) is 0.579. The van der Waals surface area contributed by atoms with Crippen molar-refractivity contribution in [3.05, 3.63) is 24.3 Å². The lowest BCUT2D eigenvalue weighted by molar-refractivity contribution is -0.119. The quantitative estimate of drug-likeness (QED) is 0.759. The van der Waals surface area contributed by atoms with Crippen LogP contribution in [0.1, 0.15) is 27.2 Å². The van der Waals surface area contributed by atoms with Crippen molar-refractivity contribution in [2.45, 2.75) is 33.2 Å². The van der Waals surface area contributed by atoms with Crippen molar-refractivity contribution >= 4 is 23.2 Å². The third kappa shape index (κ3) is 4.71. The summed E-state index contributed by atoms with van der Waals surface area (Å²) in [6, 6.07) is 6.49. The molecule has 1 rings (SSSR count). The first kappa shape index (κ1) is 15.2. The van der Waals surface area contributed by atoms with Gasteiger partial charge in [-0.15, -0.1) is 0 Å². The molecule has 4 N–H and O–H groups in total. The van der Waals surface area contributed by atoms with E-state index < -0.39 is 6.04 Å². The van der Waals surface area contributed by atoms with Crippen LogP contribution < -0.4 is 16.4 Å². The standard InChI is InChI=1S/C14H21N3O2/c1-4-12(15)14(19)17-11-7-5-6-10(8-11)16-13(18)9(2)3/h5-9,12H,4,15H2,1-3H3,(H,16,18)(H,17,19). The first-order chi connectivity index (χ1) is 8.93. The lowest BCUT2D eigenvalue weighted by Crippen LogP contribution is -2.34. The van der Waals surface area contributed by atoms with E-state index in [0.717, 1.165) is 0 Å². The molecule has 0 aliphatic heterocycles. The van der Waals surface area contributed by atoms with Gasteiger partial charge in [-0.25, -0.2) is 0 Å². The number of nitrogens with one attached hydrogen (secondary N) is 2. The van der Waals surface area contributed by atoms with Crippen molar-refractivity contribution in [2.24, 2.45) is 11.7 Å². The first-order valence-electron chi connectivity index (χ1n) is 6.41. The van der Waals surface area contributed by atoms with Crippen LogP contribution >= 0.6 is 0 Å². The maximum Gasteiger partial charge on any atom is 0.241 e. The Morgan fingerprint density at radius 2 is 1.68 bits per heavy atom. The Morgan fingerprint density at radius 1 is 1.16 bits per heavy atom. The molecule has 0 fully saturated rings. The van der Waals surface area contributed by atoms with Crippen LogP contribution in [0.3, 0.4) is 0 Å². The number of carbonyl (C=O) groups is 2. The van der Waals surface area contributed by atoms with Crippen LogP contribution in [0.15, 0.2) is 24.3 Å². The van der Waals surface area contributed by atoms with Crippen molar-refractivity contribution in [3.8, 4) is 0 Å². The fraction of sp³-hybridized carbons (Fsp3) is 0.429. The van der Waals surface area contributed by atoms with Crippen molar-refractivity contribution in [1.82, 2.24) is 0 Å². The van der Waals surface area contributed by atoms with Crippen molar-refractivity contribution in [3.63, 3.8) is 0 Å². The molecule has 0 aliphatic carbocycles. The number of benzene rings is 1. The highest BCUT2D eigenvalue weighted by atomic mass is 16.2. The van der Waals surface area contributed by atoms with Crippen LogP contribution in [0, 0.1) is 5.92 Å². The van der Waals surface area contributed by atoms with Gasteiger partial charge in [0.15, 0.2) is 0 Å². The van der Waals surface area contributed by atoms with E-state index in [2.05, 4.69) is 10.6 Å². The predicted octanol–water partition coefficient (Wildman–Crippen LogP) is 1.96. The van der Waals surface area contributed by atoms with E-state index in [-0.39, 0.29) is 17.7 Å². The number of anilines is 2. The van der Waals surface area contributed by atoms with Gasteiger partial charge in [-0.2, -0.15) is 0 Å². The average Bonchev–Trinajstić information content (AvgIpc) is 2.37. The average molecular weight is 263 g/mol. The largest absolute Gasteiger partial charge is 0.326 e. The van der Waals surface area contributed by atoms with Crippen LogP contribution in [0.4, 0.5) is 11.4 Å². The minimum absolute atomic E-state index is 0.0614. The fourth-order valence-corrected chi connectivity index (χ4v) is 1.38. The molecule has 0 saturated heterocycles. The molecule has 0 aliphatic rings. The number of amides is 2. The predicted molar refractivity (Wildman–Crippen MR) is 76.8 cm³/mol. The molecule has 0 spiro atoms. The molecule has 1 aromatic carbocycles. The number of carbonyl (C=O) groups excluding carboxylic acids is 2. The molecule has 0 saturated carbocycles. The van der Waals surface area contributed by atoms with Gasteiger partial charge in [-0.1, -0.05) is 26.8 Å². The third-order valence-corrected chi connectivity index (χ3v) is 2.70. The van der Waals surface area contributed by atoms with Crippen molar-refractivity contribution in [2.75, 3.05) is 10.6 Å². The summed E-state index contributed by atoms with van der Waals surface area (Å²) in [5, 5.41) is 5.50. The van der Waals surface area contributed by atoms with Gasteiger partial charge in [-0.3, -0.25) is 9.59 Å². The minimum atomic E-state index is -0.520. The molecule has 19 heavy (non-hydrogen) atoms.